The Balaban J connectivity index is 1.92. The van der Waals surface area contributed by atoms with Crippen LogP contribution in [-0.4, -0.2) is 25.6 Å². The Hall–Kier alpha value is -2.12. The number of hydrogen-bond donors (Lipinski definition) is 1. The number of thioether (sulfide) groups is 1. The number of nitro benzene ring substituents is 1. The molecule has 136 valence electrons. The summed E-state index contributed by atoms with van der Waals surface area (Å²) in [6, 6.07) is 12.6. The van der Waals surface area contributed by atoms with Gasteiger partial charge in [0.1, 0.15) is 5.02 Å². The van der Waals surface area contributed by atoms with Crippen LogP contribution in [0.5, 0.6) is 0 Å². The predicted molar refractivity (Wildman–Crippen MR) is 101 cm³/mol. The number of nitro groups is 1. The molecule has 0 heterocycles. The SMILES string of the molecule is N#Cc1ccccc1CSCCNS(=O)(=O)c1ccc(Cl)c([N+](=O)[O-])c1. The van der Waals surface area contributed by atoms with E-state index in [1.165, 1.54) is 23.9 Å². The molecule has 0 aliphatic carbocycles. The van der Waals surface area contributed by atoms with Crippen molar-refractivity contribution in [3.63, 3.8) is 0 Å². The number of hydrogen-bond acceptors (Lipinski definition) is 6. The van der Waals surface area contributed by atoms with Crippen LogP contribution in [0.3, 0.4) is 0 Å². The van der Waals surface area contributed by atoms with Crippen LogP contribution in [0.2, 0.25) is 5.02 Å². The first kappa shape index (κ1) is 20.2. The maximum Gasteiger partial charge on any atom is 0.289 e. The molecule has 0 aliphatic rings. The maximum atomic E-state index is 12.2. The first-order valence-corrected chi connectivity index (χ1v) is 10.4. The number of sulfonamides is 1. The zero-order chi connectivity index (χ0) is 19.2. The smallest absolute Gasteiger partial charge is 0.258 e. The monoisotopic (exact) mass is 411 g/mol. The quantitative estimate of drug-likeness (QED) is 0.405. The molecule has 2 aromatic carbocycles. The summed E-state index contributed by atoms with van der Waals surface area (Å²) in [4.78, 5) is 9.92. The second-order valence-corrected chi connectivity index (χ2v) is 8.37. The fourth-order valence-electron chi connectivity index (χ4n) is 2.07. The Morgan fingerprint density at radius 3 is 2.69 bits per heavy atom. The van der Waals surface area contributed by atoms with Crippen molar-refractivity contribution in [2.45, 2.75) is 10.6 Å². The Morgan fingerprint density at radius 1 is 1.27 bits per heavy atom. The molecule has 0 aromatic heterocycles. The van der Waals surface area contributed by atoms with Gasteiger partial charge in [-0.1, -0.05) is 29.8 Å². The van der Waals surface area contributed by atoms with Crippen molar-refractivity contribution in [3.05, 3.63) is 68.7 Å². The molecule has 0 spiro atoms. The third-order valence-electron chi connectivity index (χ3n) is 3.36. The molecule has 0 saturated carbocycles. The highest BCUT2D eigenvalue weighted by atomic mass is 35.5. The van der Waals surface area contributed by atoms with E-state index in [0.717, 1.165) is 11.6 Å². The highest BCUT2D eigenvalue weighted by molar-refractivity contribution is 7.98. The van der Waals surface area contributed by atoms with Crippen LogP contribution in [0, 0.1) is 21.4 Å². The van der Waals surface area contributed by atoms with E-state index in [2.05, 4.69) is 10.8 Å². The summed E-state index contributed by atoms with van der Waals surface area (Å²) in [5.41, 5.74) is 1.02. The highest BCUT2D eigenvalue weighted by Gasteiger charge is 2.20. The number of benzene rings is 2. The molecule has 0 bridgehead atoms. The van der Waals surface area contributed by atoms with Gasteiger partial charge in [-0.3, -0.25) is 10.1 Å². The van der Waals surface area contributed by atoms with Gasteiger partial charge in [0.15, 0.2) is 0 Å². The van der Waals surface area contributed by atoms with Gasteiger partial charge < -0.3 is 0 Å². The minimum Gasteiger partial charge on any atom is -0.258 e. The van der Waals surface area contributed by atoms with Crippen molar-refractivity contribution in [3.8, 4) is 6.07 Å². The summed E-state index contributed by atoms with van der Waals surface area (Å²) in [7, 11) is -3.87. The van der Waals surface area contributed by atoms with Gasteiger partial charge in [-0.25, -0.2) is 13.1 Å². The summed E-state index contributed by atoms with van der Waals surface area (Å²) in [5, 5.41) is 19.8. The highest BCUT2D eigenvalue weighted by Crippen LogP contribution is 2.27. The Labute approximate surface area is 160 Å². The number of nitriles is 1. The van der Waals surface area contributed by atoms with Gasteiger partial charge in [-0.15, -0.1) is 0 Å². The van der Waals surface area contributed by atoms with Crippen molar-refractivity contribution < 1.29 is 13.3 Å². The second kappa shape index (κ2) is 9.00. The first-order valence-electron chi connectivity index (χ1n) is 7.34. The normalized spacial score (nSPS) is 11.1. The minimum atomic E-state index is -3.87. The molecular weight excluding hydrogens is 398 g/mol. The molecule has 0 atom stereocenters. The molecule has 0 unspecified atom stereocenters. The van der Waals surface area contributed by atoms with Gasteiger partial charge >= 0.3 is 0 Å². The van der Waals surface area contributed by atoms with E-state index < -0.39 is 20.6 Å². The van der Waals surface area contributed by atoms with Crippen molar-refractivity contribution in [1.29, 1.82) is 5.26 Å². The number of nitrogens with one attached hydrogen (secondary N) is 1. The lowest BCUT2D eigenvalue weighted by atomic mass is 10.1. The van der Waals surface area contributed by atoms with Gasteiger partial charge in [0, 0.05) is 24.1 Å². The lowest BCUT2D eigenvalue weighted by molar-refractivity contribution is -0.384. The topological polar surface area (TPSA) is 113 Å². The van der Waals surface area contributed by atoms with Crippen LogP contribution in [0.25, 0.3) is 0 Å². The van der Waals surface area contributed by atoms with E-state index in [1.54, 1.807) is 12.1 Å². The van der Waals surface area contributed by atoms with Crippen LogP contribution in [0.15, 0.2) is 47.4 Å². The molecule has 0 radical (unpaired) electrons. The lowest BCUT2D eigenvalue weighted by Crippen LogP contribution is -2.26. The van der Waals surface area contributed by atoms with Gasteiger partial charge in [-0.2, -0.15) is 17.0 Å². The lowest BCUT2D eigenvalue weighted by Gasteiger charge is -2.08. The van der Waals surface area contributed by atoms with Crippen LogP contribution >= 0.6 is 23.4 Å². The van der Waals surface area contributed by atoms with Crippen LogP contribution < -0.4 is 4.72 Å². The first-order chi connectivity index (χ1) is 12.3. The molecule has 0 aliphatic heterocycles. The van der Waals surface area contributed by atoms with Crippen molar-refractivity contribution in [2.75, 3.05) is 12.3 Å². The Kier molecular flexibility index (Phi) is 6.99. The van der Waals surface area contributed by atoms with E-state index in [4.69, 9.17) is 16.9 Å². The average Bonchev–Trinajstić information content (AvgIpc) is 2.61. The molecule has 2 aromatic rings. The average molecular weight is 412 g/mol. The largest absolute Gasteiger partial charge is 0.289 e. The Morgan fingerprint density at radius 2 is 2.00 bits per heavy atom. The second-order valence-electron chi connectivity index (χ2n) is 5.09. The fourth-order valence-corrected chi connectivity index (χ4v) is 4.30. The van der Waals surface area contributed by atoms with Crippen LogP contribution in [-0.2, 0) is 15.8 Å². The molecular formula is C16H14ClN3O4S2. The summed E-state index contributed by atoms with van der Waals surface area (Å²) >= 11 is 7.16. The molecule has 0 saturated heterocycles. The van der Waals surface area contributed by atoms with E-state index in [-0.39, 0.29) is 16.5 Å². The van der Waals surface area contributed by atoms with Crippen molar-refractivity contribution >= 4 is 39.1 Å². The maximum absolute atomic E-state index is 12.2. The Bertz CT molecular complexity index is 958. The van der Waals surface area contributed by atoms with Crippen molar-refractivity contribution in [1.82, 2.24) is 4.72 Å². The zero-order valence-electron chi connectivity index (χ0n) is 13.4. The molecule has 2 rings (SSSR count). The third-order valence-corrected chi connectivity index (χ3v) is 6.14. The fraction of sp³-hybridized carbons (Fsp3) is 0.188. The van der Waals surface area contributed by atoms with E-state index in [0.29, 0.717) is 17.1 Å². The van der Waals surface area contributed by atoms with Crippen LogP contribution in [0.1, 0.15) is 11.1 Å². The molecule has 1 N–H and O–H groups in total. The third kappa shape index (κ3) is 5.19. The summed E-state index contributed by atoms with van der Waals surface area (Å²) in [5.74, 6) is 1.06. The van der Waals surface area contributed by atoms with Gasteiger partial charge in [0.05, 0.1) is 21.5 Å². The van der Waals surface area contributed by atoms with Gasteiger partial charge in [0.25, 0.3) is 5.69 Å². The zero-order valence-corrected chi connectivity index (χ0v) is 15.8. The summed E-state index contributed by atoms with van der Waals surface area (Å²) in [6.45, 7) is 0.151. The van der Waals surface area contributed by atoms with Gasteiger partial charge in [0.2, 0.25) is 10.0 Å². The summed E-state index contributed by atoms with van der Waals surface area (Å²) in [6.07, 6.45) is 0. The van der Waals surface area contributed by atoms with Crippen molar-refractivity contribution in [2.24, 2.45) is 0 Å². The van der Waals surface area contributed by atoms with Gasteiger partial charge in [-0.05, 0) is 23.8 Å². The number of halogens is 1. The van der Waals surface area contributed by atoms with E-state index in [1.807, 2.05) is 12.1 Å². The molecule has 0 amide bonds. The van der Waals surface area contributed by atoms with Crippen LogP contribution in [0.4, 0.5) is 5.69 Å². The molecule has 7 nitrogen and oxygen atoms in total. The molecule has 0 fully saturated rings. The minimum absolute atomic E-state index is 0.124. The number of rotatable bonds is 8. The number of nitrogens with zero attached hydrogens (tertiary/aromatic N) is 2. The summed E-state index contributed by atoms with van der Waals surface area (Å²) < 4.78 is 26.8. The predicted octanol–water partition coefficient (Wildman–Crippen LogP) is 3.33. The standard InChI is InChI=1S/C16H14ClN3O4S2/c17-15-6-5-14(9-16(15)20(21)22)26(23,24)19-7-8-25-11-13-4-2-1-3-12(13)10-18/h1-6,9,19H,7-8,11H2. The molecule has 10 heteroatoms. The van der Waals surface area contributed by atoms with E-state index in [9.17, 15) is 18.5 Å². The molecule has 26 heavy (non-hydrogen) atoms. The van der Waals surface area contributed by atoms with E-state index >= 15 is 0 Å².